The molecule has 1 aromatic heterocycles. The van der Waals surface area contributed by atoms with Crippen LogP contribution in [-0.4, -0.2) is 16.7 Å². The lowest BCUT2D eigenvalue weighted by atomic mass is 10.2. The van der Waals surface area contributed by atoms with Gasteiger partial charge in [0, 0.05) is 12.1 Å². The van der Waals surface area contributed by atoms with Gasteiger partial charge in [-0.3, -0.25) is 0 Å². The predicted octanol–water partition coefficient (Wildman–Crippen LogP) is 4.67. The first-order chi connectivity index (χ1) is 15.4. The molecule has 0 unspecified atom stereocenters. The number of hydrogen-bond donors (Lipinski definition) is 3. The molecule has 0 saturated heterocycles. The average Bonchev–Trinajstić information content (AvgIpc) is 3.29. The van der Waals surface area contributed by atoms with Crippen molar-refractivity contribution in [3.05, 3.63) is 66.7 Å². The molecule has 0 aliphatic carbocycles. The van der Waals surface area contributed by atoms with Gasteiger partial charge in [-0.1, -0.05) is 12.1 Å². The van der Waals surface area contributed by atoms with Crippen LogP contribution in [-0.2, 0) is 21.0 Å². The number of benzene rings is 2. The second-order valence-electron chi connectivity index (χ2n) is 7.61. The fourth-order valence-electron chi connectivity index (χ4n) is 2.50. The fourth-order valence-corrected chi connectivity index (χ4v) is 2.50. The van der Waals surface area contributed by atoms with Gasteiger partial charge in [0.2, 0.25) is 0 Å². The first-order valence-corrected chi connectivity index (χ1v) is 9.77. The van der Waals surface area contributed by atoms with Crippen molar-refractivity contribution in [1.82, 2.24) is 10.3 Å². The Balaban J connectivity index is 1.38. The molecule has 0 aliphatic heterocycles. The van der Waals surface area contributed by atoms with Gasteiger partial charge in [-0.25, -0.2) is 20.7 Å². The van der Waals surface area contributed by atoms with E-state index in [1.165, 1.54) is 6.39 Å². The Hall–Kier alpha value is -4.32. The number of hydrogen-bond acceptors (Lipinski definition) is 8. The van der Waals surface area contributed by atoms with E-state index < -0.39 is 11.7 Å². The first kappa shape index (κ1) is 22.4. The second kappa shape index (κ2) is 10.6. The van der Waals surface area contributed by atoms with Gasteiger partial charge < -0.3 is 24.1 Å². The summed E-state index contributed by atoms with van der Waals surface area (Å²) in [5.41, 5.74) is 7.97. The summed E-state index contributed by atoms with van der Waals surface area (Å²) in [6.45, 7) is 5.75. The largest absolute Gasteiger partial charge is 0.444 e. The van der Waals surface area contributed by atoms with Crippen LogP contribution in [0.1, 0.15) is 26.3 Å². The molecular formula is C23H24N4O5. The maximum absolute atomic E-state index is 11.7. The van der Waals surface area contributed by atoms with Gasteiger partial charge in [-0.2, -0.15) is 0 Å². The minimum atomic E-state index is -0.544. The predicted molar refractivity (Wildman–Crippen MR) is 119 cm³/mol. The summed E-state index contributed by atoms with van der Waals surface area (Å²) in [7, 11) is 0. The molecule has 0 bridgehead atoms. The number of rotatable bonds is 7. The molecule has 9 nitrogen and oxygen atoms in total. The molecule has 0 aliphatic rings. The monoisotopic (exact) mass is 436 g/mol. The second-order valence-corrected chi connectivity index (χ2v) is 7.61. The van der Waals surface area contributed by atoms with Crippen molar-refractivity contribution in [2.75, 3.05) is 11.0 Å². The lowest BCUT2D eigenvalue weighted by Crippen LogP contribution is -2.32. The van der Waals surface area contributed by atoms with Crippen molar-refractivity contribution in [3.63, 3.8) is 0 Å². The van der Waals surface area contributed by atoms with E-state index in [2.05, 4.69) is 33.5 Å². The molecule has 0 radical (unpaired) electrons. The Kier molecular flexibility index (Phi) is 7.43. The Bertz CT molecular complexity index is 1060. The number of aromatic nitrogens is 1. The molecule has 0 fully saturated rings. The highest BCUT2D eigenvalue weighted by atomic mass is 16.7. The Morgan fingerprint density at radius 1 is 1.03 bits per heavy atom. The van der Waals surface area contributed by atoms with Crippen LogP contribution in [0, 0.1) is 12.2 Å². The van der Waals surface area contributed by atoms with Gasteiger partial charge in [0.05, 0.1) is 17.6 Å². The van der Waals surface area contributed by atoms with E-state index in [1.54, 1.807) is 12.3 Å². The summed E-state index contributed by atoms with van der Waals surface area (Å²) < 4.78 is 10.4. The van der Waals surface area contributed by atoms with Crippen LogP contribution in [0.15, 0.2) is 65.5 Å². The fraction of sp³-hybridized carbons (Fsp3) is 0.217. The summed E-state index contributed by atoms with van der Waals surface area (Å²) in [5.74, 6) is 0.682. The minimum Gasteiger partial charge on any atom is -0.444 e. The van der Waals surface area contributed by atoms with Crippen molar-refractivity contribution in [2.24, 2.45) is 0 Å². The highest BCUT2D eigenvalue weighted by Gasteiger charge is 2.15. The molecule has 3 rings (SSSR count). The molecule has 3 N–H and O–H groups in total. The lowest BCUT2D eigenvalue weighted by molar-refractivity contribution is 0.0523. The Labute approximate surface area is 186 Å². The van der Waals surface area contributed by atoms with Crippen LogP contribution in [0.25, 0.3) is 11.3 Å². The van der Waals surface area contributed by atoms with E-state index in [9.17, 15) is 4.79 Å². The maximum Gasteiger partial charge on any atom is 0.407 e. The number of ether oxygens (including phenoxy) is 1. The van der Waals surface area contributed by atoms with E-state index in [-0.39, 0.29) is 0 Å². The number of carbonyl (C=O) groups excluding carboxylic acids is 1. The normalized spacial score (nSPS) is 10.3. The van der Waals surface area contributed by atoms with Gasteiger partial charge in [0.25, 0.3) is 0 Å². The molecule has 32 heavy (non-hydrogen) atoms. The van der Waals surface area contributed by atoms with Gasteiger partial charge in [-0.05, 0) is 62.7 Å². The summed E-state index contributed by atoms with van der Waals surface area (Å²) >= 11 is 0. The standard InChI is InChI=1S/C23H24N4O5/c1-23(2,3)32-22(28)25-14-17-5-4-6-20(13-17)27-31-12-11-30-26-19-9-7-18(8-10-19)21-15-24-16-29-21/h4-10,13,15-16,26-27H,14H2,1-3H3,(H,25,28). The van der Waals surface area contributed by atoms with E-state index in [0.717, 1.165) is 11.1 Å². The van der Waals surface area contributed by atoms with Crippen molar-refractivity contribution in [1.29, 1.82) is 0 Å². The summed E-state index contributed by atoms with van der Waals surface area (Å²) in [6.07, 6.45) is 7.29. The molecule has 0 atom stereocenters. The number of amides is 1. The van der Waals surface area contributed by atoms with E-state index in [4.69, 9.17) is 18.8 Å². The van der Waals surface area contributed by atoms with Gasteiger partial charge in [0.1, 0.15) is 5.60 Å². The van der Waals surface area contributed by atoms with Crippen LogP contribution in [0.4, 0.5) is 16.2 Å². The quantitative estimate of drug-likeness (QED) is 0.362. The summed E-state index contributed by atoms with van der Waals surface area (Å²) in [6, 6.07) is 14.7. The van der Waals surface area contributed by atoms with E-state index in [1.807, 2.05) is 63.2 Å². The van der Waals surface area contributed by atoms with Gasteiger partial charge in [0.15, 0.2) is 24.4 Å². The molecule has 166 valence electrons. The van der Waals surface area contributed by atoms with Crippen LogP contribution >= 0.6 is 0 Å². The van der Waals surface area contributed by atoms with Crippen molar-refractivity contribution in [3.8, 4) is 23.5 Å². The van der Waals surface area contributed by atoms with Crippen molar-refractivity contribution in [2.45, 2.75) is 32.9 Å². The van der Waals surface area contributed by atoms with Crippen LogP contribution < -0.4 is 16.3 Å². The van der Waals surface area contributed by atoms with Crippen LogP contribution in [0.3, 0.4) is 0 Å². The molecular weight excluding hydrogens is 412 g/mol. The number of oxazole rings is 1. The van der Waals surface area contributed by atoms with Crippen molar-refractivity contribution < 1.29 is 23.6 Å². The zero-order valence-electron chi connectivity index (χ0n) is 18.0. The molecule has 9 heteroatoms. The van der Waals surface area contributed by atoms with Crippen molar-refractivity contribution >= 4 is 17.5 Å². The average molecular weight is 436 g/mol. The number of nitrogens with zero attached hydrogens (tertiary/aromatic N) is 1. The maximum atomic E-state index is 11.7. The summed E-state index contributed by atoms with van der Waals surface area (Å²) in [5, 5.41) is 2.70. The molecule has 2 aromatic carbocycles. The minimum absolute atomic E-state index is 0.318. The summed E-state index contributed by atoms with van der Waals surface area (Å²) in [4.78, 5) is 25.7. The van der Waals surface area contributed by atoms with Gasteiger partial charge >= 0.3 is 6.09 Å². The molecule has 1 heterocycles. The zero-order chi connectivity index (χ0) is 22.8. The van der Waals surface area contributed by atoms with Crippen LogP contribution in [0.5, 0.6) is 0 Å². The number of nitrogens with one attached hydrogen (secondary N) is 3. The molecule has 3 aromatic rings. The van der Waals surface area contributed by atoms with Crippen LogP contribution in [0.2, 0.25) is 0 Å². The highest BCUT2D eigenvalue weighted by Crippen LogP contribution is 2.20. The lowest BCUT2D eigenvalue weighted by Gasteiger charge is -2.19. The van der Waals surface area contributed by atoms with E-state index in [0.29, 0.717) is 23.7 Å². The Morgan fingerprint density at radius 2 is 1.75 bits per heavy atom. The third kappa shape index (κ3) is 7.50. The number of carbonyl (C=O) groups is 1. The highest BCUT2D eigenvalue weighted by molar-refractivity contribution is 5.67. The third-order valence-corrected chi connectivity index (χ3v) is 3.85. The topological polar surface area (TPSA) is 107 Å². The third-order valence-electron chi connectivity index (χ3n) is 3.85. The smallest absolute Gasteiger partial charge is 0.407 e. The van der Waals surface area contributed by atoms with E-state index >= 15 is 0 Å². The molecule has 0 spiro atoms. The zero-order valence-corrected chi connectivity index (χ0v) is 18.0. The number of anilines is 2. The Morgan fingerprint density at radius 3 is 2.41 bits per heavy atom. The molecule has 1 amide bonds. The number of alkyl carbamates (subject to hydrolysis) is 1. The molecule has 0 saturated carbocycles. The SMILES string of the molecule is CC(C)(C)OC(=O)NCc1cccc(NOC#CONc2ccc(-c3cnco3)cc2)c1. The van der Waals surface area contributed by atoms with Gasteiger partial charge in [-0.15, -0.1) is 0 Å². The first-order valence-electron chi connectivity index (χ1n) is 9.77.